The molecule has 0 radical (unpaired) electrons. The van der Waals surface area contributed by atoms with Crippen molar-refractivity contribution in [3.8, 4) is 0 Å². The van der Waals surface area contributed by atoms with Crippen molar-refractivity contribution in [3.63, 3.8) is 0 Å². The van der Waals surface area contributed by atoms with Gasteiger partial charge >= 0.3 is 51.6 Å². The molecular weight excluding hydrogens is 148 g/mol. The van der Waals surface area contributed by atoms with Crippen LogP contribution in [0.15, 0.2) is 0 Å². The van der Waals surface area contributed by atoms with Gasteiger partial charge in [0.05, 0.1) is 0 Å². The Morgan fingerprint density at radius 1 is 1.40 bits per heavy atom. The minimum atomic E-state index is 0. The van der Waals surface area contributed by atoms with Crippen LogP contribution in [0.1, 0.15) is 2.85 Å². The van der Waals surface area contributed by atoms with Gasteiger partial charge in [-0.2, -0.15) is 9.59 Å². The average Bonchev–Trinajstić information content (AvgIpc) is 0.918. The predicted octanol–water partition coefficient (Wildman–Crippen LogP) is -1.56. The molecule has 0 rings (SSSR count). The molecule has 0 spiro atoms. The minimum absolute atomic E-state index is 0. The molecule has 2 N–H and O–H groups in total. The Morgan fingerprint density at radius 2 is 1.40 bits per heavy atom. The zero-order chi connectivity index (χ0) is 2.71. The van der Waals surface area contributed by atoms with Gasteiger partial charge < -0.3 is 8.33 Å². The van der Waals surface area contributed by atoms with Gasteiger partial charge in [-0.15, -0.1) is 0 Å². The largest absolute Gasteiger partial charge is 2.00 e. The molecule has 0 aliphatic rings. The molecule has 0 heterocycles. The molecular formula is CH4O3Sr. The molecule has 0 aromatic heterocycles. The van der Waals surface area contributed by atoms with Gasteiger partial charge in [-0.05, 0) is 0 Å². The average molecular weight is 152 g/mol. The van der Waals surface area contributed by atoms with E-state index in [2.05, 4.69) is 0 Å². The summed E-state index contributed by atoms with van der Waals surface area (Å²) in [5.41, 5.74) is 0. The Morgan fingerprint density at radius 3 is 1.40 bits per heavy atom. The standard InChI is InChI=1S/CO2.H2O.Sr.2H/c2-1-3;;;;/h;1H2;;;/q;;+2;2*-1. The number of carbonyl (C=O) groups excluding carboxylic acids is 2. The molecule has 0 aromatic rings. The zero-order valence-electron chi connectivity index (χ0n) is 4.52. The Bertz CT molecular complexity index is 33.9. The maximum atomic E-state index is 8.12. The van der Waals surface area contributed by atoms with Crippen molar-refractivity contribution in [2.45, 2.75) is 0 Å². The third-order valence-electron chi connectivity index (χ3n) is 0. The molecule has 0 saturated carbocycles. The molecule has 0 aromatic carbocycles. The second-order valence-corrected chi connectivity index (χ2v) is 0.0833. The maximum absolute atomic E-state index is 8.12. The zero-order valence-corrected chi connectivity index (χ0v) is 6.00. The smallest absolute Gasteiger partial charge is 1.00 e. The number of rotatable bonds is 0. The summed E-state index contributed by atoms with van der Waals surface area (Å²) in [6.07, 6.45) is 0.250. The van der Waals surface area contributed by atoms with Crippen LogP contribution in [0, 0.1) is 0 Å². The van der Waals surface area contributed by atoms with Crippen molar-refractivity contribution in [3.05, 3.63) is 0 Å². The molecule has 0 bridgehead atoms. The van der Waals surface area contributed by atoms with Crippen molar-refractivity contribution < 1.29 is 17.9 Å². The predicted molar refractivity (Wildman–Crippen MR) is 16.6 cm³/mol. The Kier molecular flexibility index (Phi) is 72.2. The first-order valence-corrected chi connectivity index (χ1v) is 0.408. The van der Waals surface area contributed by atoms with E-state index in [1.165, 1.54) is 0 Å². The van der Waals surface area contributed by atoms with Gasteiger partial charge in [0.2, 0.25) is 0 Å². The van der Waals surface area contributed by atoms with Gasteiger partial charge in [-0.25, -0.2) is 0 Å². The van der Waals surface area contributed by atoms with Gasteiger partial charge in [0.1, 0.15) is 0 Å². The van der Waals surface area contributed by atoms with E-state index in [-0.39, 0.29) is 60.0 Å². The van der Waals surface area contributed by atoms with Crippen molar-refractivity contribution in [1.82, 2.24) is 0 Å². The van der Waals surface area contributed by atoms with Gasteiger partial charge in [0.25, 0.3) is 0 Å². The monoisotopic (exact) mass is 152 g/mol. The molecule has 0 aliphatic carbocycles. The van der Waals surface area contributed by atoms with Crippen LogP contribution < -0.4 is 0 Å². The van der Waals surface area contributed by atoms with Crippen LogP contribution in [0.5, 0.6) is 0 Å². The number of hydrogen-bond acceptors (Lipinski definition) is 2. The van der Waals surface area contributed by atoms with E-state index in [9.17, 15) is 0 Å². The Balaban J connectivity index is -0.00000000333. The molecule has 4 heteroatoms. The molecule has 3 nitrogen and oxygen atoms in total. The van der Waals surface area contributed by atoms with Crippen LogP contribution >= 0.6 is 0 Å². The third-order valence-corrected chi connectivity index (χ3v) is 0. The number of hydrogen-bond donors (Lipinski definition) is 0. The SMILES string of the molecule is O.O=C=O.[H-].[H-].[Sr+2]. The first-order valence-electron chi connectivity index (χ1n) is 0.408. The van der Waals surface area contributed by atoms with E-state index in [0.29, 0.717) is 0 Å². The van der Waals surface area contributed by atoms with Crippen LogP contribution in [0.2, 0.25) is 0 Å². The van der Waals surface area contributed by atoms with Crippen LogP contribution in [0.25, 0.3) is 0 Å². The quantitative estimate of drug-likeness (QED) is 0.393. The maximum Gasteiger partial charge on any atom is 2.00 e. The molecule has 0 amide bonds. The summed E-state index contributed by atoms with van der Waals surface area (Å²) in [5, 5.41) is 0. The van der Waals surface area contributed by atoms with Crippen LogP contribution in [-0.4, -0.2) is 57.1 Å². The fourth-order valence-corrected chi connectivity index (χ4v) is 0. The summed E-state index contributed by atoms with van der Waals surface area (Å²) in [6.45, 7) is 0. The molecule has 0 aliphatic heterocycles. The van der Waals surface area contributed by atoms with Crippen LogP contribution in [0.4, 0.5) is 0 Å². The van der Waals surface area contributed by atoms with Crippen LogP contribution in [0.3, 0.4) is 0 Å². The first kappa shape index (κ1) is 17.0. The molecule has 0 saturated heterocycles. The second kappa shape index (κ2) is 21.2. The van der Waals surface area contributed by atoms with E-state index in [4.69, 9.17) is 9.59 Å². The van der Waals surface area contributed by atoms with E-state index < -0.39 is 0 Å². The molecule has 28 valence electrons. The molecule has 5 heavy (non-hydrogen) atoms. The Hall–Kier alpha value is 0.821. The summed E-state index contributed by atoms with van der Waals surface area (Å²) in [7, 11) is 0. The summed E-state index contributed by atoms with van der Waals surface area (Å²) in [5.74, 6) is 0. The van der Waals surface area contributed by atoms with Gasteiger partial charge in [0, 0.05) is 0 Å². The summed E-state index contributed by atoms with van der Waals surface area (Å²) in [6, 6.07) is 0. The van der Waals surface area contributed by atoms with Gasteiger partial charge in [0.15, 0.2) is 0 Å². The van der Waals surface area contributed by atoms with E-state index >= 15 is 0 Å². The fraction of sp³-hybridized carbons (Fsp3) is 0. The third kappa shape index (κ3) is 57.0. The van der Waals surface area contributed by atoms with E-state index in [0.717, 1.165) is 0 Å². The van der Waals surface area contributed by atoms with Crippen LogP contribution in [-0.2, 0) is 9.59 Å². The molecule has 0 unspecified atom stereocenters. The Labute approximate surface area is 68.9 Å². The summed E-state index contributed by atoms with van der Waals surface area (Å²) < 4.78 is 0. The summed E-state index contributed by atoms with van der Waals surface area (Å²) in [4.78, 5) is 16.2. The molecule has 0 atom stereocenters. The van der Waals surface area contributed by atoms with Crippen molar-refractivity contribution in [2.75, 3.05) is 0 Å². The second-order valence-electron chi connectivity index (χ2n) is 0.0833. The molecule has 0 fully saturated rings. The topological polar surface area (TPSA) is 65.6 Å². The summed E-state index contributed by atoms with van der Waals surface area (Å²) >= 11 is 0. The van der Waals surface area contributed by atoms with Crippen molar-refractivity contribution in [2.24, 2.45) is 0 Å². The fourth-order valence-electron chi connectivity index (χ4n) is 0. The van der Waals surface area contributed by atoms with E-state index in [1.54, 1.807) is 0 Å². The van der Waals surface area contributed by atoms with Crippen molar-refractivity contribution in [1.29, 1.82) is 0 Å². The van der Waals surface area contributed by atoms with Gasteiger partial charge in [-0.3, -0.25) is 0 Å². The van der Waals surface area contributed by atoms with E-state index in [1.807, 2.05) is 0 Å². The normalized spacial score (nSPS) is 1.60. The minimum Gasteiger partial charge on any atom is -1.00 e. The first-order chi connectivity index (χ1) is 1.41. The van der Waals surface area contributed by atoms with Crippen molar-refractivity contribution >= 4 is 51.6 Å². The van der Waals surface area contributed by atoms with Gasteiger partial charge in [-0.1, -0.05) is 0 Å².